The van der Waals surface area contributed by atoms with Gasteiger partial charge in [0.2, 0.25) is 0 Å². The van der Waals surface area contributed by atoms with E-state index < -0.39 is 0 Å². The number of rotatable bonds is 4. The molecule has 1 heterocycles. The second-order valence-electron chi connectivity index (χ2n) is 5.45. The maximum absolute atomic E-state index is 9.60. The number of aliphatic hydroxyl groups is 1. The lowest BCUT2D eigenvalue weighted by Gasteiger charge is -2.36. The Morgan fingerprint density at radius 1 is 1.32 bits per heavy atom. The van der Waals surface area contributed by atoms with Crippen LogP contribution in [0.5, 0.6) is 0 Å². The van der Waals surface area contributed by atoms with Crippen molar-refractivity contribution >= 4 is 23.2 Å². The first-order valence-corrected chi connectivity index (χ1v) is 7.68. The topological polar surface area (TPSA) is 23.5 Å². The Labute approximate surface area is 125 Å². The van der Waals surface area contributed by atoms with Gasteiger partial charge in [0.05, 0.1) is 16.1 Å². The summed E-state index contributed by atoms with van der Waals surface area (Å²) in [5.74, 6) is 0. The third-order valence-corrected chi connectivity index (χ3v) is 4.47. The summed E-state index contributed by atoms with van der Waals surface area (Å²) in [6.07, 6.45) is 4.28. The van der Waals surface area contributed by atoms with Crippen LogP contribution in [0.3, 0.4) is 0 Å². The lowest BCUT2D eigenvalue weighted by molar-refractivity contribution is 0.0818. The number of aliphatic hydroxyl groups excluding tert-OH is 1. The predicted octanol–water partition coefficient (Wildman–Crippen LogP) is 4.12. The fourth-order valence-corrected chi connectivity index (χ4v) is 3.12. The molecule has 106 valence electrons. The monoisotopic (exact) mass is 301 g/mol. The second kappa shape index (κ2) is 6.94. The van der Waals surface area contributed by atoms with Crippen LogP contribution in [0.15, 0.2) is 18.2 Å². The van der Waals surface area contributed by atoms with E-state index in [4.69, 9.17) is 23.2 Å². The zero-order valence-electron chi connectivity index (χ0n) is 11.3. The van der Waals surface area contributed by atoms with Crippen LogP contribution >= 0.6 is 23.2 Å². The molecule has 2 atom stereocenters. The van der Waals surface area contributed by atoms with Crippen LogP contribution in [0.4, 0.5) is 0 Å². The summed E-state index contributed by atoms with van der Waals surface area (Å²) in [5.41, 5.74) is 1.19. The molecule has 19 heavy (non-hydrogen) atoms. The molecule has 2 rings (SSSR count). The van der Waals surface area contributed by atoms with E-state index in [9.17, 15) is 5.11 Å². The summed E-state index contributed by atoms with van der Waals surface area (Å²) in [4.78, 5) is 2.45. The zero-order chi connectivity index (χ0) is 13.8. The first-order valence-electron chi connectivity index (χ1n) is 6.92. The molecule has 2 unspecified atom stereocenters. The summed E-state index contributed by atoms with van der Waals surface area (Å²) >= 11 is 12.0. The van der Waals surface area contributed by atoms with Crippen molar-refractivity contribution in [2.24, 2.45) is 0 Å². The molecule has 0 aromatic heterocycles. The lowest BCUT2D eigenvalue weighted by Crippen LogP contribution is -2.40. The number of nitrogens with zero attached hydrogens (tertiary/aromatic N) is 1. The molecule has 0 aliphatic carbocycles. The maximum Gasteiger partial charge on any atom is 0.0595 e. The summed E-state index contributed by atoms with van der Waals surface area (Å²) < 4.78 is 0. The summed E-state index contributed by atoms with van der Waals surface area (Å²) in [7, 11) is 0. The number of halogens is 2. The van der Waals surface area contributed by atoms with Crippen molar-refractivity contribution in [2.45, 2.75) is 51.3 Å². The molecule has 1 saturated heterocycles. The van der Waals surface area contributed by atoms with Gasteiger partial charge in [0.15, 0.2) is 0 Å². The predicted molar refractivity (Wildman–Crippen MR) is 80.8 cm³/mol. The molecular weight excluding hydrogens is 281 g/mol. The van der Waals surface area contributed by atoms with Crippen LogP contribution in [0.1, 0.15) is 38.2 Å². The molecule has 0 saturated carbocycles. The molecule has 4 heteroatoms. The van der Waals surface area contributed by atoms with E-state index in [1.54, 1.807) is 0 Å². The quantitative estimate of drug-likeness (QED) is 0.904. The molecule has 0 amide bonds. The van der Waals surface area contributed by atoms with E-state index in [1.165, 1.54) is 24.8 Å². The molecule has 1 fully saturated rings. The highest BCUT2D eigenvalue weighted by atomic mass is 35.5. The van der Waals surface area contributed by atoms with Crippen molar-refractivity contribution in [3.63, 3.8) is 0 Å². The molecule has 1 aromatic carbocycles. The third kappa shape index (κ3) is 4.35. The van der Waals surface area contributed by atoms with Crippen LogP contribution in [-0.4, -0.2) is 28.7 Å². The normalized spacial score (nSPS) is 22.4. The number of piperidine rings is 1. The molecule has 1 aliphatic rings. The van der Waals surface area contributed by atoms with Crippen molar-refractivity contribution in [2.75, 3.05) is 6.54 Å². The Kier molecular flexibility index (Phi) is 5.52. The maximum atomic E-state index is 9.60. The third-order valence-electron chi connectivity index (χ3n) is 3.73. The van der Waals surface area contributed by atoms with E-state index >= 15 is 0 Å². The summed E-state index contributed by atoms with van der Waals surface area (Å²) in [5, 5.41) is 10.8. The van der Waals surface area contributed by atoms with Crippen molar-refractivity contribution in [1.29, 1.82) is 0 Å². The van der Waals surface area contributed by atoms with Crippen molar-refractivity contribution in [1.82, 2.24) is 4.90 Å². The molecule has 1 aromatic rings. The highest BCUT2D eigenvalue weighted by molar-refractivity contribution is 6.42. The van der Waals surface area contributed by atoms with Gasteiger partial charge in [0, 0.05) is 12.6 Å². The van der Waals surface area contributed by atoms with Gasteiger partial charge in [-0.3, -0.25) is 4.90 Å². The number of benzene rings is 1. The van der Waals surface area contributed by atoms with E-state index in [-0.39, 0.29) is 6.10 Å². The lowest BCUT2D eigenvalue weighted by atomic mass is 9.96. The molecule has 1 aliphatic heterocycles. The Morgan fingerprint density at radius 3 is 2.79 bits per heavy atom. The van der Waals surface area contributed by atoms with Crippen LogP contribution in [0.2, 0.25) is 10.0 Å². The Bertz CT molecular complexity index is 423. The Balaban J connectivity index is 2.04. The van der Waals surface area contributed by atoms with Gasteiger partial charge in [0.1, 0.15) is 0 Å². The molecular formula is C15H21Cl2NO. The van der Waals surface area contributed by atoms with E-state index in [0.29, 0.717) is 16.1 Å². The molecule has 0 radical (unpaired) electrons. The second-order valence-corrected chi connectivity index (χ2v) is 6.27. The smallest absolute Gasteiger partial charge is 0.0595 e. The average molecular weight is 302 g/mol. The van der Waals surface area contributed by atoms with E-state index in [2.05, 4.69) is 4.90 Å². The first-order chi connectivity index (χ1) is 9.06. The van der Waals surface area contributed by atoms with Gasteiger partial charge in [-0.05, 0) is 50.4 Å². The van der Waals surface area contributed by atoms with Gasteiger partial charge in [-0.2, -0.15) is 0 Å². The number of hydrogen-bond acceptors (Lipinski definition) is 2. The van der Waals surface area contributed by atoms with Gasteiger partial charge < -0.3 is 5.11 Å². The highest BCUT2D eigenvalue weighted by Gasteiger charge is 2.23. The van der Waals surface area contributed by atoms with Crippen LogP contribution in [-0.2, 0) is 6.54 Å². The molecule has 1 N–H and O–H groups in total. The van der Waals surface area contributed by atoms with Crippen LogP contribution < -0.4 is 0 Å². The Morgan fingerprint density at radius 2 is 2.11 bits per heavy atom. The Hall–Kier alpha value is -0.280. The van der Waals surface area contributed by atoms with E-state index in [1.807, 2.05) is 25.1 Å². The largest absolute Gasteiger partial charge is 0.393 e. The van der Waals surface area contributed by atoms with Crippen molar-refractivity contribution in [3.05, 3.63) is 33.8 Å². The minimum Gasteiger partial charge on any atom is -0.393 e. The van der Waals surface area contributed by atoms with Crippen molar-refractivity contribution < 1.29 is 5.11 Å². The number of hydrogen-bond donors (Lipinski definition) is 1. The molecule has 0 bridgehead atoms. The number of likely N-dealkylation sites (tertiary alicyclic amines) is 1. The van der Waals surface area contributed by atoms with Gasteiger partial charge in [0.25, 0.3) is 0 Å². The fourth-order valence-electron chi connectivity index (χ4n) is 2.80. The fraction of sp³-hybridized carbons (Fsp3) is 0.600. The average Bonchev–Trinajstić information content (AvgIpc) is 2.36. The van der Waals surface area contributed by atoms with Gasteiger partial charge in [-0.25, -0.2) is 0 Å². The van der Waals surface area contributed by atoms with Crippen molar-refractivity contribution in [3.8, 4) is 0 Å². The minimum atomic E-state index is -0.237. The first kappa shape index (κ1) is 15.1. The zero-order valence-corrected chi connectivity index (χ0v) is 12.8. The van der Waals surface area contributed by atoms with E-state index in [0.717, 1.165) is 19.5 Å². The van der Waals surface area contributed by atoms with Gasteiger partial charge in [-0.1, -0.05) is 35.7 Å². The SMILES string of the molecule is CC(O)CC1CCCCN1Cc1ccc(Cl)c(Cl)c1. The van der Waals surface area contributed by atoms with Crippen LogP contribution in [0.25, 0.3) is 0 Å². The van der Waals surface area contributed by atoms with Gasteiger partial charge in [-0.15, -0.1) is 0 Å². The van der Waals surface area contributed by atoms with Gasteiger partial charge >= 0.3 is 0 Å². The standard InChI is InChI=1S/C15H21Cl2NO/c1-11(19)8-13-4-2-3-7-18(13)10-12-5-6-14(16)15(17)9-12/h5-6,9,11,13,19H,2-4,7-8,10H2,1H3. The highest BCUT2D eigenvalue weighted by Crippen LogP contribution is 2.26. The molecule has 2 nitrogen and oxygen atoms in total. The summed E-state index contributed by atoms with van der Waals surface area (Å²) in [6, 6.07) is 6.30. The van der Waals surface area contributed by atoms with Crippen LogP contribution in [0, 0.1) is 0 Å². The summed E-state index contributed by atoms with van der Waals surface area (Å²) in [6.45, 7) is 3.85. The molecule has 0 spiro atoms. The minimum absolute atomic E-state index is 0.237.